The van der Waals surface area contributed by atoms with E-state index in [1.54, 1.807) is 19.2 Å². The number of nitrogens with zero attached hydrogens (tertiary/aromatic N) is 4. The molecular formula is C20H31FN6. The predicted molar refractivity (Wildman–Crippen MR) is 109 cm³/mol. The van der Waals surface area contributed by atoms with Crippen LogP contribution in [0.2, 0.25) is 0 Å². The summed E-state index contributed by atoms with van der Waals surface area (Å²) in [5, 5.41) is 11.1. The molecule has 0 bridgehead atoms. The average molecular weight is 375 g/mol. The number of nitrogens with one attached hydrogen (secondary N) is 2. The van der Waals surface area contributed by atoms with Crippen molar-refractivity contribution in [2.75, 3.05) is 34.2 Å². The number of halogens is 1. The van der Waals surface area contributed by atoms with Crippen LogP contribution in [0.25, 0.3) is 0 Å². The van der Waals surface area contributed by atoms with E-state index in [1.807, 2.05) is 31.8 Å². The monoisotopic (exact) mass is 374 g/mol. The standard InChI is InChI=1S/C20H31FN6/c1-15-12-16(2)27(25-15)11-7-10-23-20(22-3)24-14-19(26(4)5)17-8-6-9-18(21)13-17/h6,8-9,12-13,19H,7,10-11,14H2,1-5H3,(H2,22,23,24). The largest absolute Gasteiger partial charge is 0.356 e. The molecule has 0 amide bonds. The van der Waals surface area contributed by atoms with Gasteiger partial charge in [-0.2, -0.15) is 5.10 Å². The topological polar surface area (TPSA) is 57.5 Å². The van der Waals surface area contributed by atoms with Gasteiger partial charge in [0.15, 0.2) is 5.96 Å². The smallest absolute Gasteiger partial charge is 0.191 e. The molecule has 6 nitrogen and oxygen atoms in total. The first-order valence-electron chi connectivity index (χ1n) is 9.28. The molecular weight excluding hydrogens is 343 g/mol. The summed E-state index contributed by atoms with van der Waals surface area (Å²) < 4.78 is 15.6. The highest BCUT2D eigenvalue weighted by atomic mass is 19.1. The molecule has 2 rings (SSSR count). The zero-order chi connectivity index (χ0) is 19.8. The number of aromatic nitrogens is 2. The Labute approximate surface area is 161 Å². The number of aliphatic imine (C=N–C) groups is 1. The van der Waals surface area contributed by atoms with Crippen molar-refractivity contribution < 1.29 is 4.39 Å². The van der Waals surface area contributed by atoms with Crippen LogP contribution >= 0.6 is 0 Å². The third-order valence-electron chi connectivity index (χ3n) is 4.49. The summed E-state index contributed by atoms with van der Waals surface area (Å²) in [6.07, 6.45) is 0.948. The Kier molecular flexibility index (Phi) is 7.79. The second-order valence-corrected chi connectivity index (χ2v) is 6.92. The fourth-order valence-corrected chi connectivity index (χ4v) is 3.06. The van der Waals surface area contributed by atoms with Crippen LogP contribution in [0.5, 0.6) is 0 Å². The summed E-state index contributed by atoms with van der Waals surface area (Å²) in [5.41, 5.74) is 3.16. The Bertz CT molecular complexity index is 753. The van der Waals surface area contributed by atoms with Gasteiger partial charge in [-0.25, -0.2) is 4.39 Å². The molecule has 0 radical (unpaired) electrons. The van der Waals surface area contributed by atoms with Crippen LogP contribution in [-0.2, 0) is 6.54 Å². The van der Waals surface area contributed by atoms with E-state index in [9.17, 15) is 4.39 Å². The van der Waals surface area contributed by atoms with Gasteiger partial charge in [0.2, 0.25) is 0 Å². The fraction of sp³-hybridized carbons (Fsp3) is 0.500. The Morgan fingerprint density at radius 3 is 2.63 bits per heavy atom. The van der Waals surface area contributed by atoms with Crippen molar-refractivity contribution in [3.05, 3.63) is 53.1 Å². The predicted octanol–water partition coefficient (Wildman–Crippen LogP) is 2.50. The van der Waals surface area contributed by atoms with Gasteiger partial charge in [0.25, 0.3) is 0 Å². The van der Waals surface area contributed by atoms with Gasteiger partial charge in [-0.1, -0.05) is 12.1 Å². The first kappa shape index (κ1) is 20.9. The molecule has 1 aromatic carbocycles. The van der Waals surface area contributed by atoms with E-state index < -0.39 is 0 Å². The Balaban J connectivity index is 1.82. The normalized spacial score (nSPS) is 13.1. The van der Waals surface area contributed by atoms with Crippen LogP contribution < -0.4 is 10.6 Å². The molecule has 2 aromatic rings. The first-order chi connectivity index (χ1) is 12.9. The maximum atomic E-state index is 13.5. The molecule has 0 fully saturated rings. The third kappa shape index (κ3) is 6.36. The van der Waals surface area contributed by atoms with Crippen LogP contribution in [0.1, 0.15) is 29.4 Å². The average Bonchev–Trinajstić information content (AvgIpc) is 2.94. The van der Waals surface area contributed by atoms with Crippen LogP contribution in [-0.4, -0.2) is 54.9 Å². The van der Waals surface area contributed by atoms with Crippen molar-refractivity contribution in [1.82, 2.24) is 25.3 Å². The molecule has 0 spiro atoms. The summed E-state index contributed by atoms with van der Waals surface area (Å²) in [6, 6.07) is 8.87. The second kappa shape index (κ2) is 10.1. The molecule has 0 saturated heterocycles. The lowest BCUT2D eigenvalue weighted by Crippen LogP contribution is -2.42. The van der Waals surface area contributed by atoms with E-state index >= 15 is 0 Å². The van der Waals surface area contributed by atoms with Gasteiger partial charge in [0, 0.05) is 32.4 Å². The highest BCUT2D eigenvalue weighted by Crippen LogP contribution is 2.18. The van der Waals surface area contributed by atoms with E-state index in [1.165, 1.54) is 11.8 Å². The number of benzene rings is 1. The quantitative estimate of drug-likeness (QED) is 0.423. The lowest BCUT2D eigenvalue weighted by molar-refractivity contribution is 0.297. The van der Waals surface area contributed by atoms with Gasteiger partial charge in [0.1, 0.15) is 5.82 Å². The van der Waals surface area contributed by atoms with Gasteiger partial charge < -0.3 is 15.5 Å². The molecule has 0 saturated carbocycles. The Hall–Kier alpha value is -2.41. The highest BCUT2D eigenvalue weighted by Gasteiger charge is 2.15. The molecule has 1 heterocycles. The summed E-state index contributed by atoms with van der Waals surface area (Å²) in [5.74, 6) is 0.526. The van der Waals surface area contributed by atoms with Crippen LogP contribution in [0, 0.1) is 19.7 Å². The Morgan fingerprint density at radius 1 is 1.26 bits per heavy atom. The highest BCUT2D eigenvalue weighted by molar-refractivity contribution is 5.79. The molecule has 2 N–H and O–H groups in total. The van der Waals surface area contributed by atoms with E-state index in [-0.39, 0.29) is 11.9 Å². The van der Waals surface area contributed by atoms with E-state index in [0.29, 0.717) is 6.54 Å². The minimum Gasteiger partial charge on any atom is -0.356 e. The molecule has 1 unspecified atom stereocenters. The Morgan fingerprint density at radius 2 is 2.04 bits per heavy atom. The number of rotatable bonds is 8. The summed E-state index contributed by atoms with van der Waals surface area (Å²) in [4.78, 5) is 6.34. The van der Waals surface area contributed by atoms with Gasteiger partial charge in [-0.3, -0.25) is 9.67 Å². The zero-order valence-corrected chi connectivity index (χ0v) is 17.0. The molecule has 0 aliphatic heterocycles. The number of guanidine groups is 1. The van der Waals surface area contributed by atoms with Crippen molar-refractivity contribution in [2.24, 2.45) is 4.99 Å². The van der Waals surface area contributed by atoms with E-state index in [0.717, 1.165) is 36.7 Å². The fourth-order valence-electron chi connectivity index (χ4n) is 3.06. The van der Waals surface area contributed by atoms with Crippen molar-refractivity contribution in [1.29, 1.82) is 0 Å². The van der Waals surface area contributed by atoms with Crippen LogP contribution in [0.4, 0.5) is 4.39 Å². The second-order valence-electron chi connectivity index (χ2n) is 6.92. The van der Waals surface area contributed by atoms with E-state index in [4.69, 9.17) is 0 Å². The molecule has 0 aliphatic rings. The third-order valence-corrected chi connectivity index (χ3v) is 4.49. The van der Waals surface area contributed by atoms with Gasteiger partial charge in [-0.05, 0) is 58.1 Å². The summed E-state index contributed by atoms with van der Waals surface area (Å²) in [7, 11) is 5.73. The number of likely N-dealkylation sites (N-methyl/N-ethyl adjacent to an activating group) is 1. The molecule has 1 atom stereocenters. The molecule has 0 aliphatic carbocycles. The number of hydrogen-bond donors (Lipinski definition) is 2. The molecule has 1 aromatic heterocycles. The lowest BCUT2D eigenvalue weighted by Gasteiger charge is -2.26. The van der Waals surface area contributed by atoms with Crippen molar-refractivity contribution in [3.8, 4) is 0 Å². The molecule has 7 heteroatoms. The first-order valence-corrected chi connectivity index (χ1v) is 9.28. The molecule has 148 valence electrons. The minimum absolute atomic E-state index is 0.0500. The van der Waals surface area contributed by atoms with Crippen molar-refractivity contribution in [3.63, 3.8) is 0 Å². The molecule has 27 heavy (non-hydrogen) atoms. The lowest BCUT2D eigenvalue weighted by atomic mass is 10.1. The van der Waals surface area contributed by atoms with Crippen molar-refractivity contribution in [2.45, 2.75) is 32.9 Å². The summed E-state index contributed by atoms with van der Waals surface area (Å²) >= 11 is 0. The van der Waals surface area contributed by atoms with Crippen LogP contribution in [0.3, 0.4) is 0 Å². The SMILES string of the molecule is CN=C(NCCCn1nc(C)cc1C)NCC(c1cccc(F)c1)N(C)C. The van der Waals surface area contributed by atoms with Crippen molar-refractivity contribution >= 4 is 5.96 Å². The maximum absolute atomic E-state index is 13.5. The van der Waals surface area contributed by atoms with Gasteiger partial charge in [0.05, 0.1) is 11.7 Å². The maximum Gasteiger partial charge on any atom is 0.191 e. The van der Waals surface area contributed by atoms with E-state index in [2.05, 4.69) is 38.6 Å². The van der Waals surface area contributed by atoms with Gasteiger partial charge in [-0.15, -0.1) is 0 Å². The zero-order valence-electron chi connectivity index (χ0n) is 17.0. The number of hydrogen-bond acceptors (Lipinski definition) is 3. The van der Waals surface area contributed by atoms with Gasteiger partial charge >= 0.3 is 0 Å². The summed E-state index contributed by atoms with van der Waals surface area (Å²) in [6.45, 7) is 6.38. The minimum atomic E-state index is -0.217. The number of aryl methyl sites for hydroxylation is 3. The van der Waals surface area contributed by atoms with Crippen LogP contribution in [0.15, 0.2) is 35.3 Å².